The average molecular weight is 313 g/mol. The van der Waals surface area contributed by atoms with Crippen LogP contribution in [0.4, 0.5) is 5.82 Å². The van der Waals surface area contributed by atoms with Gasteiger partial charge in [-0.25, -0.2) is 4.98 Å². The minimum Gasteiger partial charge on any atom is -0.467 e. The molecule has 0 fully saturated rings. The third-order valence-corrected chi connectivity index (χ3v) is 2.97. The predicted octanol–water partition coefficient (Wildman–Crippen LogP) is 2.06. The molecule has 0 radical (unpaired) electrons. The highest BCUT2D eigenvalue weighted by atomic mass is 16.5. The van der Waals surface area contributed by atoms with Crippen molar-refractivity contribution in [3.05, 3.63) is 48.0 Å². The van der Waals surface area contributed by atoms with E-state index in [1.54, 1.807) is 18.4 Å². The zero-order chi connectivity index (χ0) is 16.3. The van der Waals surface area contributed by atoms with Gasteiger partial charge in [-0.05, 0) is 30.7 Å². The van der Waals surface area contributed by atoms with Crippen molar-refractivity contribution in [3.8, 4) is 12.3 Å². The van der Waals surface area contributed by atoms with E-state index < -0.39 is 0 Å². The van der Waals surface area contributed by atoms with Crippen molar-refractivity contribution in [3.63, 3.8) is 0 Å². The maximum Gasteiger partial charge on any atom is 0.253 e. The van der Waals surface area contributed by atoms with Crippen LogP contribution < -0.4 is 10.6 Å². The summed E-state index contributed by atoms with van der Waals surface area (Å²) >= 11 is 0. The van der Waals surface area contributed by atoms with Gasteiger partial charge in [0.05, 0.1) is 18.4 Å². The highest BCUT2D eigenvalue weighted by Gasteiger charge is 2.04. The van der Waals surface area contributed by atoms with E-state index in [2.05, 4.69) is 21.5 Å². The van der Waals surface area contributed by atoms with Crippen LogP contribution in [-0.2, 0) is 11.3 Å². The Morgan fingerprint density at radius 3 is 3.00 bits per heavy atom. The SMILES string of the molecule is C#CCNC(=O)c1ccc(NCCCOCc2ccco2)nc1. The Balaban J connectivity index is 1.62. The summed E-state index contributed by atoms with van der Waals surface area (Å²) in [5.41, 5.74) is 0.479. The van der Waals surface area contributed by atoms with Gasteiger partial charge in [0.1, 0.15) is 18.2 Å². The van der Waals surface area contributed by atoms with Crippen molar-refractivity contribution in [1.29, 1.82) is 0 Å². The van der Waals surface area contributed by atoms with Crippen LogP contribution in [0.3, 0.4) is 0 Å². The fraction of sp³-hybridized carbons (Fsp3) is 0.294. The summed E-state index contributed by atoms with van der Waals surface area (Å²) in [7, 11) is 0. The number of terminal acetylenes is 1. The van der Waals surface area contributed by atoms with E-state index in [9.17, 15) is 4.79 Å². The highest BCUT2D eigenvalue weighted by molar-refractivity contribution is 5.94. The lowest BCUT2D eigenvalue weighted by Crippen LogP contribution is -2.23. The number of ether oxygens (including phenoxy) is 1. The topological polar surface area (TPSA) is 76.4 Å². The van der Waals surface area contributed by atoms with Crippen molar-refractivity contribution in [2.75, 3.05) is 25.0 Å². The molecule has 0 saturated heterocycles. The van der Waals surface area contributed by atoms with Crippen molar-refractivity contribution in [2.45, 2.75) is 13.0 Å². The average Bonchev–Trinajstić information content (AvgIpc) is 3.09. The van der Waals surface area contributed by atoms with Gasteiger partial charge in [0, 0.05) is 19.3 Å². The van der Waals surface area contributed by atoms with Crippen molar-refractivity contribution in [1.82, 2.24) is 10.3 Å². The number of nitrogens with zero attached hydrogens (tertiary/aromatic N) is 1. The van der Waals surface area contributed by atoms with Gasteiger partial charge >= 0.3 is 0 Å². The lowest BCUT2D eigenvalue weighted by Gasteiger charge is -2.07. The molecule has 120 valence electrons. The number of nitrogens with one attached hydrogen (secondary N) is 2. The zero-order valence-corrected chi connectivity index (χ0v) is 12.7. The molecule has 1 amide bonds. The molecule has 0 aromatic carbocycles. The quantitative estimate of drug-likeness (QED) is 0.547. The first kappa shape index (κ1) is 16.6. The third kappa shape index (κ3) is 5.85. The standard InChI is InChI=1S/C17H19N3O3/c1-2-8-19-17(21)14-6-7-16(20-12-14)18-9-4-10-22-13-15-5-3-11-23-15/h1,3,5-7,11-12H,4,8-10,13H2,(H,18,20)(H,19,21). The smallest absolute Gasteiger partial charge is 0.253 e. The molecule has 2 aromatic heterocycles. The lowest BCUT2D eigenvalue weighted by molar-refractivity contribution is 0.0958. The largest absolute Gasteiger partial charge is 0.467 e. The summed E-state index contributed by atoms with van der Waals surface area (Å²) in [6, 6.07) is 7.18. The van der Waals surface area contributed by atoms with E-state index in [4.69, 9.17) is 15.6 Å². The normalized spacial score (nSPS) is 10.0. The van der Waals surface area contributed by atoms with E-state index in [1.807, 2.05) is 12.1 Å². The summed E-state index contributed by atoms with van der Waals surface area (Å²) in [5.74, 6) is 3.65. The van der Waals surface area contributed by atoms with E-state index in [-0.39, 0.29) is 12.5 Å². The number of rotatable bonds is 9. The summed E-state index contributed by atoms with van der Waals surface area (Å²) in [5, 5.41) is 5.76. The second-order valence-corrected chi connectivity index (χ2v) is 4.73. The molecule has 23 heavy (non-hydrogen) atoms. The van der Waals surface area contributed by atoms with Gasteiger partial charge in [-0.3, -0.25) is 4.79 Å². The highest BCUT2D eigenvalue weighted by Crippen LogP contribution is 2.06. The first-order chi connectivity index (χ1) is 11.3. The van der Waals surface area contributed by atoms with Gasteiger partial charge < -0.3 is 19.8 Å². The summed E-state index contributed by atoms with van der Waals surface area (Å²) in [6.45, 7) is 2.04. The van der Waals surface area contributed by atoms with Crippen LogP contribution in [0.25, 0.3) is 0 Å². The molecule has 0 aliphatic carbocycles. The van der Waals surface area contributed by atoms with Crippen molar-refractivity contribution >= 4 is 11.7 Å². The monoisotopic (exact) mass is 313 g/mol. The number of anilines is 1. The Hall–Kier alpha value is -2.78. The number of carbonyl (C=O) groups excluding carboxylic acids is 1. The van der Waals surface area contributed by atoms with Crippen LogP contribution in [-0.4, -0.2) is 30.6 Å². The summed E-state index contributed by atoms with van der Waals surface area (Å²) < 4.78 is 10.7. The fourth-order valence-electron chi connectivity index (χ4n) is 1.82. The first-order valence-electron chi connectivity index (χ1n) is 7.31. The maximum absolute atomic E-state index is 11.7. The van der Waals surface area contributed by atoms with Gasteiger partial charge in [-0.15, -0.1) is 6.42 Å². The maximum atomic E-state index is 11.7. The van der Waals surface area contributed by atoms with E-state index in [0.717, 1.165) is 18.7 Å². The van der Waals surface area contributed by atoms with Crippen molar-refractivity contribution in [2.24, 2.45) is 0 Å². The van der Waals surface area contributed by atoms with Crippen LogP contribution in [0.15, 0.2) is 41.1 Å². The molecule has 0 spiro atoms. The zero-order valence-electron chi connectivity index (χ0n) is 12.7. The molecule has 0 saturated carbocycles. The van der Waals surface area contributed by atoms with E-state index in [0.29, 0.717) is 24.6 Å². The number of carbonyl (C=O) groups is 1. The molecular weight excluding hydrogens is 294 g/mol. The molecule has 2 N–H and O–H groups in total. The van der Waals surface area contributed by atoms with Gasteiger partial charge in [0.15, 0.2) is 0 Å². The Labute approximate surface area is 135 Å². The minimum atomic E-state index is -0.228. The number of hydrogen-bond acceptors (Lipinski definition) is 5. The van der Waals surface area contributed by atoms with Crippen LogP contribution in [0.5, 0.6) is 0 Å². The Kier molecular flexibility index (Phi) is 6.69. The molecular formula is C17H19N3O3. The van der Waals surface area contributed by atoms with Crippen LogP contribution in [0, 0.1) is 12.3 Å². The van der Waals surface area contributed by atoms with Crippen LogP contribution in [0.2, 0.25) is 0 Å². The second-order valence-electron chi connectivity index (χ2n) is 4.73. The molecule has 0 bridgehead atoms. The fourth-order valence-corrected chi connectivity index (χ4v) is 1.82. The number of furan rings is 1. The van der Waals surface area contributed by atoms with Gasteiger partial charge in [-0.1, -0.05) is 5.92 Å². The molecule has 2 heterocycles. The minimum absolute atomic E-state index is 0.205. The molecule has 0 unspecified atom stereocenters. The lowest BCUT2D eigenvalue weighted by atomic mass is 10.2. The summed E-state index contributed by atoms with van der Waals surface area (Å²) in [4.78, 5) is 15.8. The third-order valence-electron chi connectivity index (χ3n) is 2.97. The van der Waals surface area contributed by atoms with Crippen LogP contribution in [0.1, 0.15) is 22.5 Å². The van der Waals surface area contributed by atoms with E-state index in [1.165, 1.54) is 6.20 Å². The molecule has 2 aromatic rings. The Morgan fingerprint density at radius 1 is 1.39 bits per heavy atom. The first-order valence-corrected chi connectivity index (χ1v) is 7.31. The van der Waals surface area contributed by atoms with E-state index >= 15 is 0 Å². The Morgan fingerprint density at radius 2 is 2.30 bits per heavy atom. The van der Waals surface area contributed by atoms with Gasteiger partial charge in [0.25, 0.3) is 5.91 Å². The van der Waals surface area contributed by atoms with Gasteiger partial charge in [-0.2, -0.15) is 0 Å². The summed E-state index contributed by atoms with van der Waals surface area (Å²) in [6.07, 6.45) is 9.07. The molecule has 2 rings (SSSR count). The molecule has 0 aliphatic heterocycles. The van der Waals surface area contributed by atoms with Crippen LogP contribution >= 0.6 is 0 Å². The number of hydrogen-bond donors (Lipinski definition) is 2. The predicted molar refractivity (Wildman–Crippen MR) is 86.9 cm³/mol. The molecule has 6 heteroatoms. The Bertz CT molecular complexity index is 630. The number of aromatic nitrogens is 1. The number of amides is 1. The molecule has 0 aliphatic rings. The van der Waals surface area contributed by atoms with Crippen molar-refractivity contribution < 1.29 is 13.9 Å². The second kappa shape index (κ2) is 9.28. The molecule has 0 atom stereocenters. The molecule has 6 nitrogen and oxygen atoms in total. The van der Waals surface area contributed by atoms with Gasteiger partial charge in [0.2, 0.25) is 0 Å². The number of pyridine rings is 1.